The Bertz CT molecular complexity index is 222. The minimum atomic E-state index is 0.147. The Labute approximate surface area is 99.1 Å². The number of carbonyl (C=O) groups is 1. The molecular weight excluding hydrogens is 202 g/mol. The number of rotatable bonds is 6. The maximum atomic E-state index is 11.9. The molecule has 0 aromatic carbocycles. The highest BCUT2D eigenvalue weighted by Crippen LogP contribution is 2.15. The number of hydrogen-bond acceptors (Lipinski definition) is 3. The van der Waals surface area contributed by atoms with Crippen LogP contribution in [0.2, 0.25) is 0 Å². The number of nitrogens with zero attached hydrogens (tertiary/aromatic N) is 1. The van der Waals surface area contributed by atoms with Gasteiger partial charge in [-0.15, -0.1) is 0 Å². The fourth-order valence-corrected chi connectivity index (χ4v) is 2.18. The minimum absolute atomic E-state index is 0.147. The maximum absolute atomic E-state index is 11.9. The molecule has 3 nitrogen and oxygen atoms in total. The summed E-state index contributed by atoms with van der Waals surface area (Å²) in [6.45, 7) is 8.58. The molecule has 0 aliphatic carbocycles. The van der Waals surface area contributed by atoms with Gasteiger partial charge in [0, 0.05) is 18.6 Å². The second-order valence-electron chi connectivity index (χ2n) is 5.42. The van der Waals surface area contributed by atoms with Crippen molar-refractivity contribution < 1.29 is 9.53 Å². The normalized spacial score (nSPS) is 23.0. The van der Waals surface area contributed by atoms with Crippen molar-refractivity contribution in [3.05, 3.63) is 0 Å². The van der Waals surface area contributed by atoms with Crippen molar-refractivity contribution in [1.82, 2.24) is 4.90 Å². The molecule has 0 aromatic rings. The molecule has 16 heavy (non-hydrogen) atoms. The van der Waals surface area contributed by atoms with E-state index in [1.807, 2.05) is 7.05 Å². The molecule has 0 amide bonds. The van der Waals surface area contributed by atoms with Crippen molar-refractivity contribution in [3.8, 4) is 0 Å². The first-order valence-corrected chi connectivity index (χ1v) is 6.31. The van der Waals surface area contributed by atoms with Crippen LogP contribution < -0.4 is 0 Å². The summed E-state index contributed by atoms with van der Waals surface area (Å²) in [5.41, 5.74) is 0. The summed E-state index contributed by atoms with van der Waals surface area (Å²) in [5.74, 6) is 1.17. The number of Topliss-reactive ketones (excluding diaryl/α,β-unsaturated/α-hetero) is 1. The molecule has 94 valence electrons. The molecule has 0 bridgehead atoms. The average Bonchev–Trinajstić information content (AvgIpc) is 2.68. The smallest absolute Gasteiger partial charge is 0.152 e. The van der Waals surface area contributed by atoms with Crippen molar-refractivity contribution in [3.63, 3.8) is 0 Å². The van der Waals surface area contributed by atoms with Gasteiger partial charge in [0.15, 0.2) is 5.78 Å². The van der Waals surface area contributed by atoms with Crippen LogP contribution in [0.25, 0.3) is 0 Å². The van der Waals surface area contributed by atoms with E-state index in [0.29, 0.717) is 30.9 Å². The minimum Gasteiger partial charge on any atom is -0.381 e. The Morgan fingerprint density at radius 3 is 2.62 bits per heavy atom. The Balaban J connectivity index is 2.31. The van der Waals surface area contributed by atoms with Crippen molar-refractivity contribution in [1.29, 1.82) is 0 Å². The fraction of sp³-hybridized carbons (Fsp3) is 0.923. The number of carbonyl (C=O) groups excluding carboxylic acids is 1. The second-order valence-corrected chi connectivity index (χ2v) is 5.42. The first-order valence-electron chi connectivity index (χ1n) is 6.31. The molecule has 2 unspecified atom stereocenters. The van der Waals surface area contributed by atoms with Gasteiger partial charge >= 0.3 is 0 Å². The molecule has 1 heterocycles. The zero-order valence-corrected chi connectivity index (χ0v) is 11.0. The molecule has 0 spiro atoms. The highest BCUT2D eigenvalue weighted by molar-refractivity contribution is 5.83. The molecule has 0 saturated carbocycles. The van der Waals surface area contributed by atoms with Gasteiger partial charge in [0.25, 0.3) is 0 Å². The van der Waals surface area contributed by atoms with E-state index in [1.54, 1.807) is 0 Å². The summed E-state index contributed by atoms with van der Waals surface area (Å²) in [5, 5.41) is 0. The van der Waals surface area contributed by atoms with E-state index in [9.17, 15) is 4.79 Å². The molecule has 1 rings (SSSR count). The predicted molar refractivity (Wildman–Crippen MR) is 65.5 cm³/mol. The molecule has 2 atom stereocenters. The summed E-state index contributed by atoms with van der Waals surface area (Å²) < 4.78 is 5.25. The first kappa shape index (κ1) is 13.7. The van der Waals surface area contributed by atoms with Gasteiger partial charge in [-0.3, -0.25) is 9.69 Å². The standard InChI is InChI=1S/C13H25NO2/c1-10(2)7-11(3)14(4)8-13(15)12-5-6-16-9-12/h10-12H,5-9H2,1-4H3. The number of hydrogen-bond donors (Lipinski definition) is 0. The zero-order valence-electron chi connectivity index (χ0n) is 11.0. The Hall–Kier alpha value is -0.410. The Morgan fingerprint density at radius 2 is 2.12 bits per heavy atom. The summed E-state index contributed by atoms with van der Waals surface area (Å²) in [6.07, 6.45) is 2.05. The first-order chi connectivity index (χ1) is 7.50. The number of ketones is 1. The van der Waals surface area contributed by atoms with E-state index in [-0.39, 0.29) is 5.92 Å². The average molecular weight is 227 g/mol. The van der Waals surface area contributed by atoms with E-state index in [2.05, 4.69) is 25.7 Å². The number of ether oxygens (including phenoxy) is 1. The van der Waals surface area contributed by atoms with Crippen LogP contribution in [0.1, 0.15) is 33.6 Å². The van der Waals surface area contributed by atoms with Gasteiger partial charge < -0.3 is 4.74 Å². The van der Waals surface area contributed by atoms with Gasteiger partial charge in [0.2, 0.25) is 0 Å². The number of likely N-dealkylation sites (N-methyl/N-ethyl adjacent to an activating group) is 1. The molecule has 1 aliphatic heterocycles. The van der Waals surface area contributed by atoms with Crippen LogP contribution in [-0.4, -0.2) is 43.5 Å². The quantitative estimate of drug-likeness (QED) is 0.694. The lowest BCUT2D eigenvalue weighted by molar-refractivity contribution is -0.124. The third kappa shape index (κ3) is 4.22. The van der Waals surface area contributed by atoms with E-state index in [4.69, 9.17) is 4.74 Å². The molecular formula is C13H25NO2. The second kappa shape index (κ2) is 6.36. The van der Waals surface area contributed by atoms with Gasteiger partial charge in [-0.1, -0.05) is 13.8 Å². The highest BCUT2D eigenvalue weighted by atomic mass is 16.5. The van der Waals surface area contributed by atoms with E-state index >= 15 is 0 Å². The summed E-state index contributed by atoms with van der Waals surface area (Å²) in [6, 6.07) is 0.478. The summed E-state index contributed by atoms with van der Waals surface area (Å²) in [4.78, 5) is 14.1. The molecule has 3 heteroatoms. The van der Waals surface area contributed by atoms with Crippen molar-refractivity contribution in [2.45, 2.75) is 39.7 Å². The van der Waals surface area contributed by atoms with E-state index in [0.717, 1.165) is 19.4 Å². The summed E-state index contributed by atoms with van der Waals surface area (Å²) in [7, 11) is 2.04. The molecule has 1 fully saturated rings. The molecule has 1 saturated heterocycles. The van der Waals surface area contributed by atoms with Crippen LogP contribution in [0, 0.1) is 11.8 Å². The van der Waals surface area contributed by atoms with Gasteiger partial charge in [0.1, 0.15) is 0 Å². The van der Waals surface area contributed by atoms with Crippen molar-refractivity contribution >= 4 is 5.78 Å². The molecule has 0 aromatic heterocycles. The third-order valence-corrected chi connectivity index (χ3v) is 3.36. The van der Waals surface area contributed by atoms with Gasteiger partial charge in [0.05, 0.1) is 13.2 Å². The monoisotopic (exact) mass is 227 g/mol. The molecule has 1 aliphatic rings. The molecule has 0 N–H and O–H groups in total. The SMILES string of the molecule is CC(C)CC(C)N(C)CC(=O)C1CCOC1. The lowest BCUT2D eigenvalue weighted by atomic mass is 10.0. The molecule has 0 radical (unpaired) electrons. The van der Waals surface area contributed by atoms with Crippen molar-refractivity contribution in [2.24, 2.45) is 11.8 Å². The predicted octanol–water partition coefficient (Wildman–Crippen LogP) is 1.96. The Morgan fingerprint density at radius 1 is 1.44 bits per heavy atom. The zero-order chi connectivity index (χ0) is 12.1. The van der Waals surface area contributed by atoms with Crippen LogP contribution in [0.3, 0.4) is 0 Å². The van der Waals surface area contributed by atoms with Crippen LogP contribution >= 0.6 is 0 Å². The lowest BCUT2D eigenvalue weighted by Crippen LogP contribution is -2.37. The van der Waals surface area contributed by atoms with Crippen molar-refractivity contribution in [2.75, 3.05) is 26.8 Å². The topological polar surface area (TPSA) is 29.5 Å². The lowest BCUT2D eigenvalue weighted by Gasteiger charge is -2.26. The Kier molecular flexibility index (Phi) is 5.42. The maximum Gasteiger partial charge on any atom is 0.152 e. The van der Waals surface area contributed by atoms with E-state index in [1.165, 1.54) is 0 Å². The van der Waals surface area contributed by atoms with Gasteiger partial charge in [-0.2, -0.15) is 0 Å². The van der Waals surface area contributed by atoms with Crippen LogP contribution in [-0.2, 0) is 9.53 Å². The van der Waals surface area contributed by atoms with Gasteiger partial charge in [-0.25, -0.2) is 0 Å². The fourth-order valence-electron chi connectivity index (χ4n) is 2.18. The summed E-state index contributed by atoms with van der Waals surface area (Å²) >= 11 is 0. The van der Waals surface area contributed by atoms with Gasteiger partial charge in [-0.05, 0) is 32.7 Å². The third-order valence-electron chi connectivity index (χ3n) is 3.36. The largest absolute Gasteiger partial charge is 0.381 e. The van der Waals surface area contributed by atoms with Crippen LogP contribution in [0.4, 0.5) is 0 Å². The highest BCUT2D eigenvalue weighted by Gasteiger charge is 2.25. The van der Waals surface area contributed by atoms with Crippen LogP contribution in [0.5, 0.6) is 0 Å². The van der Waals surface area contributed by atoms with E-state index < -0.39 is 0 Å². The van der Waals surface area contributed by atoms with Crippen LogP contribution in [0.15, 0.2) is 0 Å².